The van der Waals surface area contributed by atoms with Crippen molar-refractivity contribution in [2.45, 2.75) is 45.6 Å². The predicted molar refractivity (Wildman–Crippen MR) is 114 cm³/mol. The number of aryl methyl sites for hydroxylation is 1. The van der Waals surface area contributed by atoms with Gasteiger partial charge in [0.15, 0.2) is 29.7 Å². The molecule has 0 heterocycles. The Hall–Kier alpha value is -2.84. The zero-order valence-corrected chi connectivity index (χ0v) is 18.9. The number of benzene rings is 2. The van der Waals surface area contributed by atoms with Crippen LogP contribution in [0.2, 0.25) is 0 Å². The van der Waals surface area contributed by atoms with Crippen molar-refractivity contribution < 1.29 is 40.6 Å². The Bertz CT molecular complexity index is 1020. The van der Waals surface area contributed by atoms with Gasteiger partial charge in [0.1, 0.15) is 0 Å². The Morgan fingerprint density at radius 1 is 0.824 bits per heavy atom. The molecule has 2 aromatic carbocycles. The molecule has 186 valence electrons. The van der Waals surface area contributed by atoms with E-state index in [2.05, 4.69) is 15.5 Å². The second kappa shape index (κ2) is 11.1. The molecule has 0 aromatic heterocycles. The summed E-state index contributed by atoms with van der Waals surface area (Å²) in [6, 6.07) is 3.94. The normalized spacial score (nSPS) is 18.8. The molecule has 1 fully saturated rings. The van der Waals surface area contributed by atoms with Crippen LogP contribution in [0.4, 0.5) is 26.3 Å². The molecular weight excluding hydrogens is 462 g/mol. The molecule has 0 amide bonds. The van der Waals surface area contributed by atoms with Gasteiger partial charge in [0.05, 0.1) is 6.61 Å². The predicted octanol–water partition coefficient (Wildman–Crippen LogP) is 7.36. The molecule has 0 spiro atoms. The van der Waals surface area contributed by atoms with E-state index >= 15 is 0 Å². The molecule has 34 heavy (non-hydrogen) atoms. The van der Waals surface area contributed by atoms with E-state index in [1.54, 1.807) is 0 Å². The van der Waals surface area contributed by atoms with E-state index in [0.29, 0.717) is 5.92 Å². The number of hydrogen-bond donors (Lipinski definition) is 0. The number of halogens is 6. The molecule has 0 saturated heterocycles. The van der Waals surface area contributed by atoms with Crippen molar-refractivity contribution in [1.82, 2.24) is 0 Å². The molecule has 0 aliphatic heterocycles. The molecule has 2 aromatic rings. The van der Waals surface area contributed by atoms with Crippen molar-refractivity contribution in [3.05, 3.63) is 65.2 Å². The van der Waals surface area contributed by atoms with E-state index in [9.17, 15) is 26.3 Å². The lowest BCUT2D eigenvalue weighted by atomic mass is 9.82. The van der Waals surface area contributed by atoms with E-state index in [1.807, 2.05) is 13.0 Å². The number of rotatable bonds is 9. The van der Waals surface area contributed by atoms with Gasteiger partial charge in [-0.15, -0.1) is 0 Å². The Labute approximate surface area is 194 Å². The van der Waals surface area contributed by atoms with Crippen LogP contribution in [0, 0.1) is 42.0 Å². The van der Waals surface area contributed by atoms with Crippen LogP contribution in [-0.2, 0) is 0 Å². The molecule has 9 heteroatoms. The molecule has 0 bridgehead atoms. The second-order valence-electron chi connectivity index (χ2n) is 8.34. The lowest BCUT2D eigenvalue weighted by Gasteiger charge is -2.26. The van der Waals surface area contributed by atoms with Gasteiger partial charge in [-0.1, -0.05) is 18.2 Å². The van der Waals surface area contributed by atoms with Gasteiger partial charge in [-0.05, 0) is 75.1 Å². The average Bonchev–Trinajstić information content (AvgIpc) is 2.81. The summed E-state index contributed by atoms with van der Waals surface area (Å²) in [6.07, 6.45) is 3.75. The van der Waals surface area contributed by atoms with Crippen LogP contribution in [0.25, 0.3) is 0 Å². The van der Waals surface area contributed by atoms with Crippen molar-refractivity contribution in [2.75, 3.05) is 13.2 Å². The molecule has 0 unspecified atom stereocenters. The number of alkyl halides is 2. The Kier molecular flexibility index (Phi) is 8.38. The zero-order chi connectivity index (χ0) is 24.9. The molecule has 1 aliphatic rings. The standard InChI is InChI=1S/C25H26F6O3/c1-3-4-16-6-8-17(9-7-16)13-32-18-11-12-20(24(29)23(18)28)34-25(30,31)14-33-19-10-5-15(2)21(26)22(19)27/h3-5,10-12,16-17H,6-9,13-14H2,1-2H3/b4-3+. The van der Waals surface area contributed by atoms with Gasteiger partial charge in [0, 0.05) is 0 Å². The van der Waals surface area contributed by atoms with Gasteiger partial charge in [-0.3, -0.25) is 0 Å². The summed E-state index contributed by atoms with van der Waals surface area (Å²) in [5, 5.41) is 0. The molecule has 0 N–H and O–H groups in total. The highest BCUT2D eigenvalue weighted by atomic mass is 19.3. The van der Waals surface area contributed by atoms with Crippen LogP contribution in [0.3, 0.4) is 0 Å². The maximum atomic E-state index is 14.4. The van der Waals surface area contributed by atoms with Gasteiger partial charge in [-0.2, -0.15) is 22.0 Å². The van der Waals surface area contributed by atoms with Gasteiger partial charge >= 0.3 is 6.11 Å². The zero-order valence-electron chi connectivity index (χ0n) is 18.9. The Balaban J connectivity index is 1.58. The van der Waals surface area contributed by atoms with E-state index < -0.39 is 53.2 Å². The summed E-state index contributed by atoms with van der Waals surface area (Å²) in [5.41, 5.74) is -0.0333. The minimum absolute atomic E-state index is 0.0333. The van der Waals surface area contributed by atoms with Crippen LogP contribution in [0.15, 0.2) is 36.4 Å². The molecular formula is C25H26F6O3. The van der Waals surface area contributed by atoms with Gasteiger partial charge < -0.3 is 14.2 Å². The summed E-state index contributed by atoms with van der Waals surface area (Å²) < 4.78 is 98.5. The average molecular weight is 488 g/mol. The van der Waals surface area contributed by atoms with Crippen LogP contribution in [0.1, 0.15) is 38.2 Å². The largest absolute Gasteiger partial charge is 0.490 e. The highest BCUT2D eigenvalue weighted by Gasteiger charge is 2.35. The van der Waals surface area contributed by atoms with Crippen LogP contribution >= 0.6 is 0 Å². The maximum absolute atomic E-state index is 14.4. The first-order valence-electron chi connectivity index (χ1n) is 11.0. The smallest absolute Gasteiger partial charge is 0.433 e. The lowest BCUT2D eigenvalue weighted by Crippen LogP contribution is -2.33. The van der Waals surface area contributed by atoms with Crippen LogP contribution < -0.4 is 14.2 Å². The van der Waals surface area contributed by atoms with E-state index in [4.69, 9.17) is 4.74 Å². The molecule has 0 atom stereocenters. The fourth-order valence-electron chi connectivity index (χ4n) is 3.82. The third kappa shape index (κ3) is 6.39. The summed E-state index contributed by atoms with van der Waals surface area (Å²) in [4.78, 5) is 0. The van der Waals surface area contributed by atoms with Gasteiger partial charge in [0.25, 0.3) is 0 Å². The first kappa shape index (κ1) is 25.8. The van der Waals surface area contributed by atoms with Crippen molar-refractivity contribution in [1.29, 1.82) is 0 Å². The van der Waals surface area contributed by atoms with Crippen molar-refractivity contribution >= 4 is 0 Å². The first-order valence-corrected chi connectivity index (χ1v) is 11.0. The molecule has 1 aliphatic carbocycles. The third-order valence-electron chi connectivity index (χ3n) is 5.74. The Morgan fingerprint density at radius 2 is 1.38 bits per heavy atom. The third-order valence-corrected chi connectivity index (χ3v) is 5.74. The van der Waals surface area contributed by atoms with E-state index in [1.165, 1.54) is 6.92 Å². The fraction of sp³-hybridized carbons (Fsp3) is 0.440. The number of hydrogen-bond acceptors (Lipinski definition) is 3. The van der Waals surface area contributed by atoms with Crippen molar-refractivity contribution in [3.63, 3.8) is 0 Å². The summed E-state index contributed by atoms with van der Waals surface area (Å²) >= 11 is 0. The topological polar surface area (TPSA) is 27.7 Å². The van der Waals surface area contributed by atoms with Gasteiger partial charge in [-0.25, -0.2) is 4.39 Å². The Morgan fingerprint density at radius 3 is 2.06 bits per heavy atom. The monoisotopic (exact) mass is 488 g/mol. The SMILES string of the molecule is C/C=C/C1CCC(COc2ccc(OC(F)(F)COc3ccc(C)c(F)c3F)c(F)c2F)CC1. The quantitative estimate of drug-likeness (QED) is 0.273. The first-order chi connectivity index (χ1) is 16.1. The number of allylic oxidation sites excluding steroid dienone is 2. The lowest BCUT2D eigenvalue weighted by molar-refractivity contribution is -0.197. The highest BCUT2D eigenvalue weighted by molar-refractivity contribution is 5.35. The molecule has 0 radical (unpaired) electrons. The summed E-state index contributed by atoms with van der Waals surface area (Å²) in [5.74, 6) is -7.32. The molecule has 3 nitrogen and oxygen atoms in total. The minimum atomic E-state index is -4.16. The fourth-order valence-corrected chi connectivity index (χ4v) is 3.82. The second-order valence-corrected chi connectivity index (χ2v) is 8.34. The summed E-state index contributed by atoms with van der Waals surface area (Å²) in [7, 11) is 0. The molecule has 1 saturated carbocycles. The number of ether oxygens (including phenoxy) is 3. The summed E-state index contributed by atoms with van der Waals surface area (Å²) in [6.45, 7) is 1.89. The minimum Gasteiger partial charge on any atom is -0.490 e. The van der Waals surface area contributed by atoms with Crippen molar-refractivity contribution in [3.8, 4) is 17.2 Å². The maximum Gasteiger partial charge on any atom is 0.433 e. The van der Waals surface area contributed by atoms with Crippen LogP contribution in [0.5, 0.6) is 17.2 Å². The van der Waals surface area contributed by atoms with E-state index in [-0.39, 0.29) is 18.1 Å². The molecule has 3 rings (SSSR count). The highest BCUT2D eigenvalue weighted by Crippen LogP contribution is 2.34. The van der Waals surface area contributed by atoms with Gasteiger partial charge in [0.2, 0.25) is 17.5 Å². The van der Waals surface area contributed by atoms with Crippen LogP contribution in [-0.4, -0.2) is 19.3 Å². The van der Waals surface area contributed by atoms with E-state index in [0.717, 1.165) is 49.9 Å². The van der Waals surface area contributed by atoms with Crippen molar-refractivity contribution in [2.24, 2.45) is 11.8 Å².